The van der Waals surface area contributed by atoms with Crippen molar-refractivity contribution in [2.75, 3.05) is 24.4 Å². The minimum absolute atomic E-state index is 0.0197. The molecular formula is C23H26N2O5. The zero-order valence-corrected chi connectivity index (χ0v) is 17.0. The Morgan fingerprint density at radius 1 is 1.10 bits per heavy atom. The van der Waals surface area contributed by atoms with E-state index >= 15 is 0 Å². The monoisotopic (exact) mass is 410 g/mol. The summed E-state index contributed by atoms with van der Waals surface area (Å²) >= 11 is 0. The molecule has 0 aromatic heterocycles. The average molecular weight is 410 g/mol. The maximum atomic E-state index is 12.4. The third-order valence-corrected chi connectivity index (χ3v) is 5.39. The van der Waals surface area contributed by atoms with E-state index in [1.165, 1.54) is 12.8 Å². The van der Waals surface area contributed by atoms with E-state index in [4.69, 9.17) is 14.2 Å². The lowest BCUT2D eigenvalue weighted by Crippen LogP contribution is -2.21. The van der Waals surface area contributed by atoms with Crippen LogP contribution in [-0.2, 0) is 16.0 Å². The maximum Gasteiger partial charge on any atom is 0.262 e. The summed E-state index contributed by atoms with van der Waals surface area (Å²) in [6, 6.07) is 10.8. The van der Waals surface area contributed by atoms with Gasteiger partial charge in [-0.2, -0.15) is 0 Å². The molecule has 7 nitrogen and oxygen atoms in total. The Morgan fingerprint density at radius 2 is 1.93 bits per heavy atom. The number of anilines is 2. The third-order valence-electron chi connectivity index (χ3n) is 5.39. The van der Waals surface area contributed by atoms with Crippen molar-refractivity contribution in [1.29, 1.82) is 0 Å². The Kier molecular flexibility index (Phi) is 6.07. The molecule has 1 saturated carbocycles. The van der Waals surface area contributed by atoms with E-state index in [1.807, 2.05) is 6.07 Å². The fraction of sp³-hybridized carbons (Fsp3) is 0.391. The van der Waals surface area contributed by atoms with Crippen molar-refractivity contribution in [3.8, 4) is 17.2 Å². The summed E-state index contributed by atoms with van der Waals surface area (Å²) in [6.07, 6.45) is 5.75. The highest BCUT2D eigenvalue weighted by Crippen LogP contribution is 2.34. The number of nitrogens with one attached hydrogen (secondary N) is 2. The standard InChI is InChI=1S/C23H26N2O5/c1-28-20-10-7-16(13-21(20)30-17-4-2-3-5-17)24-23(27)14-29-18-8-9-19-15(12-18)6-11-22(26)25-19/h7-10,12-13,17H,2-6,11,14H2,1H3,(H,24,27)(H,25,26). The number of methoxy groups -OCH3 is 1. The van der Waals surface area contributed by atoms with E-state index in [2.05, 4.69) is 10.6 Å². The van der Waals surface area contributed by atoms with Crippen molar-refractivity contribution in [1.82, 2.24) is 0 Å². The number of hydrogen-bond donors (Lipinski definition) is 2. The van der Waals surface area contributed by atoms with Gasteiger partial charge in [0.1, 0.15) is 5.75 Å². The summed E-state index contributed by atoms with van der Waals surface area (Å²) in [4.78, 5) is 23.8. The highest BCUT2D eigenvalue weighted by molar-refractivity contribution is 5.94. The number of carbonyl (C=O) groups is 2. The Hall–Kier alpha value is -3.22. The smallest absolute Gasteiger partial charge is 0.262 e. The van der Waals surface area contributed by atoms with Crippen molar-refractivity contribution in [3.63, 3.8) is 0 Å². The predicted octanol–water partition coefficient (Wildman–Crippen LogP) is 3.92. The van der Waals surface area contributed by atoms with Crippen LogP contribution >= 0.6 is 0 Å². The summed E-state index contributed by atoms with van der Waals surface area (Å²) in [5.41, 5.74) is 2.44. The molecule has 0 bridgehead atoms. The first-order valence-electron chi connectivity index (χ1n) is 10.3. The Bertz CT molecular complexity index is 937. The van der Waals surface area contributed by atoms with Crippen LogP contribution in [0, 0.1) is 0 Å². The van der Waals surface area contributed by atoms with Gasteiger partial charge in [0.25, 0.3) is 5.91 Å². The van der Waals surface area contributed by atoms with Crippen LogP contribution in [-0.4, -0.2) is 31.6 Å². The van der Waals surface area contributed by atoms with Gasteiger partial charge in [0.15, 0.2) is 18.1 Å². The second kappa shape index (κ2) is 9.07. The van der Waals surface area contributed by atoms with E-state index < -0.39 is 0 Å². The number of rotatable bonds is 7. The fourth-order valence-corrected chi connectivity index (χ4v) is 3.83. The molecule has 2 aromatic carbocycles. The first kappa shape index (κ1) is 20.1. The van der Waals surface area contributed by atoms with Gasteiger partial charge >= 0.3 is 0 Å². The number of amides is 2. The molecule has 2 N–H and O–H groups in total. The Balaban J connectivity index is 1.35. The molecule has 0 radical (unpaired) electrons. The molecule has 2 aromatic rings. The summed E-state index contributed by atoms with van der Waals surface area (Å²) in [7, 11) is 1.60. The molecule has 4 rings (SSSR count). The summed E-state index contributed by atoms with van der Waals surface area (Å²) in [5.74, 6) is 1.64. The normalized spacial score (nSPS) is 15.8. The molecule has 0 unspecified atom stereocenters. The van der Waals surface area contributed by atoms with Crippen molar-refractivity contribution in [2.45, 2.75) is 44.6 Å². The Labute approximate surface area is 175 Å². The number of hydrogen-bond acceptors (Lipinski definition) is 5. The molecule has 2 amide bonds. The quantitative estimate of drug-likeness (QED) is 0.723. The van der Waals surface area contributed by atoms with Crippen molar-refractivity contribution < 1.29 is 23.8 Å². The molecule has 0 saturated heterocycles. The molecule has 0 spiro atoms. The fourth-order valence-electron chi connectivity index (χ4n) is 3.83. The number of carbonyl (C=O) groups excluding carboxylic acids is 2. The summed E-state index contributed by atoms with van der Waals surface area (Å²) in [5, 5.41) is 5.67. The lowest BCUT2D eigenvalue weighted by Gasteiger charge is -2.18. The number of fused-ring (bicyclic) bond motifs is 1. The largest absolute Gasteiger partial charge is 0.493 e. The first-order chi connectivity index (χ1) is 14.6. The summed E-state index contributed by atoms with van der Waals surface area (Å²) in [6.45, 7) is -0.115. The van der Waals surface area contributed by atoms with Gasteiger partial charge in [-0.25, -0.2) is 0 Å². The van der Waals surface area contributed by atoms with Crippen LogP contribution in [0.3, 0.4) is 0 Å². The molecule has 1 heterocycles. The predicted molar refractivity (Wildman–Crippen MR) is 113 cm³/mol. The molecular weight excluding hydrogens is 384 g/mol. The van der Waals surface area contributed by atoms with Crippen LogP contribution < -0.4 is 24.8 Å². The zero-order chi connectivity index (χ0) is 20.9. The first-order valence-corrected chi connectivity index (χ1v) is 10.3. The van der Waals surface area contributed by atoms with Crippen LogP contribution in [0.25, 0.3) is 0 Å². The van der Waals surface area contributed by atoms with Gasteiger partial charge < -0.3 is 24.8 Å². The lowest BCUT2D eigenvalue weighted by molar-refractivity contribution is -0.118. The molecule has 158 valence electrons. The van der Waals surface area contributed by atoms with Gasteiger partial charge in [-0.1, -0.05) is 0 Å². The minimum atomic E-state index is -0.266. The SMILES string of the molecule is COc1ccc(NC(=O)COc2ccc3c(c2)CCC(=O)N3)cc1OC1CCCC1. The van der Waals surface area contributed by atoms with Crippen molar-refractivity contribution >= 4 is 23.2 Å². The molecule has 2 aliphatic rings. The summed E-state index contributed by atoms with van der Waals surface area (Å²) < 4.78 is 17.1. The van der Waals surface area contributed by atoms with Gasteiger partial charge in [-0.3, -0.25) is 9.59 Å². The number of benzene rings is 2. The average Bonchev–Trinajstić information content (AvgIpc) is 3.25. The minimum Gasteiger partial charge on any atom is -0.493 e. The molecule has 1 fully saturated rings. The second-order valence-corrected chi connectivity index (χ2v) is 7.59. The number of ether oxygens (including phenoxy) is 3. The van der Waals surface area contributed by atoms with Gasteiger partial charge in [-0.15, -0.1) is 0 Å². The van der Waals surface area contributed by atoms with Crippen LogP contribution in [0.1, 0.15) is 37.7 Å². The highest BCUT2D eigenvalue weighted by Gasteiger charge is 2.19. The van der Waals surface area contributed by atoms with E-state index in [1.54, 1.807) is 37.4 Å². The van der Waals surface area contributed by atoms with E-state index in [0.29, 0.717) is 35.8 Å². The Morgan fingerprint density at radius 3 is 2.73 bits per heavy atom. The van der Waals surface area contributed by atoms with Gasteiger partial charge in [0, 0.05) is 23.9 Å². The molecule has 0 atom stereocenters. The van der Waals surface area contributed by atoms with E-state index in [-0.39, 0.29) is 24.5 Å². The lowest BCUT2D eigenvalue weighted by atomic mass is 10.0. The van der Waals surface area contributed by atoms with Gasteiger partial charge in [0.05, 0.1) is 13.2 Å². The van der Waals surface area contributed by atoms with Crippen LogP contribution in [0.15, 0.2) is 36.4 Å². The molecule has 1 aliphatic carbocycles. The maximum absolute atomic E-state index is 12.4. The van der Waals surface area contributed by atoms with E-state index in [0.717, 1.165) is 24.1 Å². The molecule has 30 heavy (non-hydrogen) atoms. The van der Waals surface area contributed by atoms with Crippen molar-refractivity contribution in [2.24, 2.45) is 0 Å². The van der Waals surface area contributed by atoms with Crippen LogP contribution in [0.5, 0.6) is 17.2 Å². The van der Waals surface area contributed by atoms with Gasteiger partial charge in [-0.05, 0) is 68.0 Å². The van der Waals surface area contributed by atoms with Crippen LogP contribution in [0.4, 0.5) is 11.4 Å². The van der Waals surface area contributed by atoms with Crippen molar-refractivity contribution in [3.05, 3.63) is 42.0 Å². The van der Waals surface area contributed by atoms with Gasteiger partial charge in [0.2, 0.25) is 5.91 Å². The highest BCUT2D eigenvalue weighted by atomic mass is 16.5. The van der Waals surface area contributed by atoms with E-state index in [9.17, 15) is 9.59 Å². The molecule has 1 aliphatic heterocycles. The second-order valence-electron chi connectivity index (χ2n) is 7.59. The zero-order valence-electron chi connectivity index (χ0n) is 17.0. The third kappa shape index (κ3) is 4.84. The molecule has 7 heteroatoms. The van der Waals surface area contributed by atoms with Crippen LogP contribution in [0.2, 0.25) is 0 Å². The number of aryl methyl sites for hydroxylation is 1. The topological polar surface area (TPSA) is 85.9 Å².